The molecule has 1 unspecified atom stereocenters. The monoisotopic (exact) mass is 244 g/mol. The lowest BCUT2D eigenvalue weighted by Gasteiger charge is -2.22. The van der Waals surface area contributed by atoms with Crippen molar-refractivity contribution >= 4 is 11.9 Å². The molecule has 1 atom stereocenters. The molecule has 0 saturated carbocycles. The van der Waals surface area contributed by atoms with Gasteiger partial charge in [-0.2, -0.15) is 0 Å². The second kappa shape index (κ2) is 6.59. The van der Waals surface area contributed by atoms with E-state index < -0.39 is 17.6 Å². The fraction of sp³-hybridized carbons (Fsp3) is 0.833. The number of esters is 1. The first kappa shape index (κ1) is 15.9. The Labute approximate surface area is 103 Å². The lowest BCUT2D eigenvalue weighted by atomic mass is 10.00. The third-order valence-electron chi connectivity index (χ3n) is 2.14. The molecule has 0 aliphatic carbocycles. The summed E-state index contributed by atoms with van der Waals surface area (Å²) in [5.74, 6) is -0.347. The van der Waals surface area contributed by atoms with Gasteiger partial charge in [0.1, 0.15) is 6.04 Å². The van der Waals surface area contributed by atoms with Crippen LogP contribution < -0.4 is 11.1 Å². The van der Waals surface area contributed by atoms with Crippen molar-refractivity contribution in [3.05, 3.63) is 0 Å². The highest BCUT2D eigenvalue weighted by Crippen LogP contribution is 2.08. The molecule has 3 N–H and O–H groups in total. The first-order valence-electron chi connectivity index (χ1n) is 5.81. The van der Waals surface area contributed by atoms with Crippen molar-refractivity contribution in [3.8, 4) is 0 Å². The molecule has 5 heteroatoms. The number of hydrogen-bond acceptors (Lipinski definition) is 4. The van der Waals surface area contributed by atoms with Gasteiger partial charge in [-0.15, -0.1) is 0 Å². The Balaban J connectivity index is 4.43. The average molecular weight is 244 g/mol. The average Bonchev–Trinajstić information content (AvgIpc) is 2.11. The molecule has 0 aromatic carbocycles. The highest BCUT2D eigenvalue weighted by Gasteiger charge is 2.24. The van der Waals surface area contributed by atoms with Gasteiger partial charge in [-0.1, -0.05) is 13.8 Å². The molecule has 0 fully saturated rings. The Morgan fingerprint density at radius 3 is 2.24 bits per heavy atom. The maximum Gasteiger partial charge on any atom is 0.328 e. The normalized spacial score (nSPS) is 13.4. The van der Waals surface area contributed by atoms with E-state index in [1.54, 1.807) is 13.8 Å². The zero-order chi connectivity index (χ0) is 13.6. The number of ether oxygens (including phenoxy) is 1. The molecule has 5 nitrogen and oxygen atoms in total. The summed E-state index contributed by atoms with van der Waals surface area (Å²) >= 11 is 0. The summed E-state index contributed by atoms with van der Waals surface area (Å²) < 4.78 is 4.66. The molecular formula is C12H24N2O3. The van der Waals surface area contributed by atoms with Crippen molar-refractivity contribution in [1.82, 2.24) is 5.32 Å². The van der Waals surface area contributed by atoms with Gasteiger partial charge in [-0.3, -0.25) is 4.79 Å². The minimum absolute atomic E-state index is 0.179. The Hall–Kier alpha value is -1.10. The zero-order valence-corrected chi connectivity index (χ0v) is 11.4. The summed E-state index contributed by atoms with van der Waals surface area (Å²) in [6.45, 7) is 7.49. The van der Waals surface area contributed by atoms with Crippen LogP contribution in [0.1, 0.15) is 40.5 Å². The van der Waals surface area contributed by atoms with Gasteiger partial charge in [-0.25, -0.2) is 4.79 Å². The second-order valence-corrected chi connectivity index (χ2v) is 5.44. The molecule has 0 spiro atoms. The van der Waals surface area contributed by atoms with E-state index in [4.69, 9.17) is 5.73 Å². The summed E-state index contributed by atoms with van der Waals surface area (Å²) in [6, 6.07) is -0.588. The Morgan fingerprint density at radius 1 is 1.35 bits per heavy atom. The number of carbonyl (C=O) groups excluding carboxylic acids is 2. The molecule has 100 valence electrons. The van der Waals surface area contributed by atoms with Crippen LogP contribution in [0.2, 0.25) is 0 Å². The molecule has 0 aliphatic rings. The van der Waals surface area contributed by atoms with Gasteiger partial charge in [0.25, 0.3) is 0 Å². The molecular weight excluding hydrogens is 220 g/mol. The van der Waals surface area contributed by atoms with Gasteiger partial charge in [0.05, 0.1) is 7.11 Å². The van der Waals surface area contributed by atoms with Crippen molar-refractivity contribution in [2.45, 2.75) is 52.1 Å². The molecule has 0 aromatic heterocycles. The molecule has 1 amide bonds. The molecule has 0 radical (unpaired) electrons. The van der Waals surface area contributed by atoms with E-state index in [0.717, 1.165) is 0 Å². The summed E-state index contributed by atoms with van der Waals surface area (Å²) in [5.41, 5.74) is 5.16. The van der Waals surface area contributed by atoms with E-state index >= 15 is 0 Å². The third kappa shape index (κ3) is 7.74. The molecule has 0 rings (SSSR count). The number of hydrogen-bond donors (Lipinski definition) is 2. The number of carbonyl (C=O) groups is 2. The topological polar surface area (TPSA) is 81.4 Å². The maximum absolute atomic E-state index is 11.7. The maximum atomic E-state index is 11.7. The van der Waals surface area contributed by atoms with E-state index in [9.17, 15) is 9.59 Å². The van der Waals surface area contributed by atoms with Gasteiger partial charge in [0, 0.05) is 12.0 Å². The van der Waals surface area contributed by atoms with E-state index in [0.29, 0.717) is 12.3 Å². The van der Waals surface area contributed by atoms with Crippen LogP contribution in [-0.2, 0) is 14.3 Å². The first-order chi connectivity index (χ1) is 7.65. The molecule has 0 aromatic rings. The van der Waals surface area contributed by atoms with Crippen LogP contribution in [0.3, 0.4) is 0 Å². The molecule has 0 aliphatic heterocycles. The third-order valence-corrected chi connectivity index (χ3v) is 2.14. The van der Waals surface area contributed by atoms with E-state index in [1.165, 1.54) is 7.11 Å². The Bertz CT molecular complexity index is 269. The Morgan fingerprint density at radius 2 is 1.88 bits per heavy atom. The summed E-state index contributed by atoms with van der Waals surface area (Å²) in [5, 5.41) is 2.66. The minimum atomic E-state index is -0.588. The number of methoxy groups -OCH3 is 1. The standard InChI is InChI=1S/C12H24N2O3/c1-8(2)6-9(11(16)17-5)14-10(15)7-12(3,4)13/h8-9H,6-7,13H2,1-5H3,(H,14,15). The number of nitrogens with one attached hydrogen (secondary N) is 1. The van der Waals surface area contributed by atoms with Gasteiger partial charge < -0.3 is 15.8 Å². The molecule has 0 heterocycles. The fourth-order valence-electron chi connectivity index (χ4n) is 1.49. The van der Waals surface area contributed by atoms with Gasteiger partial charge in [-0.05, 0) is 26.2 Å². The molecule has 0 bridgehead atoms. The van der Waals surface area contributed by atoms with Crippen LogP contribution in [0.4, 0.5) is 0 Å². The predicted molar refractivity (Wildman–Crippen MR) is 66.3 cm³/mol. The summed E-state index contributed by atoms with van der Waals surface area (Å²) in [4.78, 5) is 23.2. The SMILES string of the molecule is COC(=O)C(CC(C)C)NC(=O)CC(C)(C)N. The van der Waals surface area contributed by atoms with Crippen LogP contribution in [0, 0.1) is 5.92 Å². The van der Waals surface area contributed by atoms with E-state index in [1.807, 2.05) is 13.8 Å². The van der Waals surface area contributed by atoms with Gasteiger partial charge in [0.15, 0.2) is 0 Å². The van der Waals surface area contributed by atoms with E-state index in [2.05, 4.69) is 10.1 Å². The van der Waals surface area contributed by atoms with Crippen LogP contribution in [0.15, 0.2) is 0 Å². The minimum Gasteiger partial charge on any atom is -0.467 e. The van der Waals surface area contributed by atoms with Crippen molar-refractivity contribution in [2.75, 3.05) is 7.11 Å². The lowest BCUT2D eigenvalue weighted by Crippen LogP contribution is -2.46. The van der Waals surface area contributed by atoms with Gasteiger partial charge >= 0.3 is 5.97 Å². The van der Waals surface area contributed by atoms with Crippen molar-refractivity contribution < 1.29 is 14.3 Å². The zero-order valence-electron chi connectivity index (χ0n) is 11.4. The predicted octanol–water partition coefficient (Wildman–Crippen LogP) is 0.818. The summed E-state index contributed by atoms with van der Waals surface area (Å²) in [6.07, 6.45) is 0.738. The second-order valence-electron chi connectivity index (χ2n) is 5.44. The van der Waals surface area contributed by atoms with Crippen LogP contribution >= 0.6 is 0 Å². The lowest BCUT2D eigenvalue weighted by molar-refractivity contribution is -0.145. The Kier molecular flexibility index (Phi) is 6.16. The fourth-order valence-corrected chi connectivity index (χ4v) is 1.49. The van der Waals surface area contributed by atoms with Crippen molar-refractivity contribution in [2.24, 2.45) is 11.7 Å². The highest BCUT2D eigenvalue weighted by atomic mass is 16.5. The quantitative estimate of drug-likeness (QED) is 0.678. The smallest absolute Gasteiger partial charge is 0.328 e. The van der Waals surface area contributed by atoms with E-state index in [-0.39, 0.29) is 12.3 Å². The first-order valence-corrected chi connectivity index (χ1v) is 5.81. The summed E-state index contributed by atoms with van der Waals surface area (Å²) in [7, 11) is 1.31. The van der Waals surface area contributed by atoms with Crippen molar-refractivity contribution in [1.29, 1.82) is 0 Å². The number of amides is 1. The highest BCUT2D eigenvalue weighted by molar-refractivity contribution is 5.84. The van der Waals surface area contributed by atoms with Crippen LogP contribution in [0.25, 0.3) is 0 Å². The molecule has 0 saturated heterocycles. The van der Waals surface area contributed by atoms with Crippen LogP contribution in [-0.4, -0.2) is 30.6 Å². The number of nitrogens with two attached hydrogens (primary N) is 1. The van der Waals surface area contributed by atoms with Gasteiger partial charge in [0.2, 0.25) is 5.91 Å². The molecule has 17 heavy (non-hydrogen) atoms. The largest absolute Gasteiger partial charge is 0.467 e. The number of rotatable bonds is 6. The van der Waals surface area contributed by atoms with Crippen LogP contribution in [0.5, 0.6) is 0 Å². The van der Waals surface area contributed by atoms with Crippen molar-refractivity contribution in [3.63, 3.8) is 0 Å².